The number of rotatable bonds is 4. The predicted octanol–water partition coefficient (Wildman–Crippen LogP) is 1.69. The second-order valence-electron chi connectivity index (χ2n) is 3.47. The van der Waals surface area contributed by atoms with Gasteiger partial charge < -0.3 is 14.9 Å². The van der Waals surface area contributed by atoms with E-state index in [9.17, 15) is 4.79 Å². The topological polar surface area (TPSA) is 88.2 Å². The summed E-state index contributed by atoms with van der Waals surface area (Å²) in [4.78, 5) is 14.8. The zero-order valence-electron chi connectivity index (χ0n) is 9.17. The molecule has 0 fully saturated rings. The fourth-order valence-corrected chi connectivity index (χ4v) is 1.36. The Morgan fingerprint density at radius 3 is 3.00 bits per heavy atom. The van der Waals surface area contributed by atoms with E-state index in [1.54, 1.807) is 25.1 Å². The minimum absolute atomic E-state index is 0.235. The summed E-state index contributed by atoms with van der Waals surface area (Å²) >= 11 is 0. The summed E-state index contributed by atoms with van der Waals surface area (Å²) in [6, 6.07) is 6.54. The van der Waals surface area contributed by atoms with E-state index in [0.29, 0.717) is 23.9 Å². The van der Waals surface area contributed by atoms with Gasteiger partial charge in [0.2, 0.25) is 5.89 Å². The van der Waals surface area contributed by atoms with Crippen molar-refractivity contribution in [2.24, 2.45) is 0 Å². The van der Waals surface area contributed by atoms with Gasteiger partial charge in [-0.25, -0.2) is 4.79 Å². The molecule has 2 rings (SSSR count). The number of aromatic nitrogens is 2. The lowest BCUT2D eigenvalue weighted by molar-refractivity contribution is 0.0697. The number of aromatic carboxylic acids is 1. The molecular formula is C11H11N3O3. The molecule has 0 aliphatic heterocycles. The first kappa shape index (κ1) is 11.1. The molecule has 0 spiro atoms. The first-order valence-electron chi connectivity index (χ1n) is 5.01. The van der Waals surface area contributed by atoms with E-state index < -0.39 is 5.97 Å². The summed E-state index contributed by atoms with van der Waals surface area (Å²) in [7, 11) is 0. The quantitative estimate of drug-likeness (QED) is 0.835. The first-order valence-corrected chi connectivity index (χ1v) is 5.01. The van der Waals surface area contributed by atoms with Crippen LogP contribution in [0.3, 0.4) is 0 Å². The fourth-order valence-electron chi connectivity index (χ4n) is 1.36. The summed E-state index contributed by atoms with van der Waals surface area (Å²) < 4.78 is 4.82. The zero-order chi connectivity index (χ0) is 12.3. The average molecular weight is 233 g/mol. The Morgan fingerprint density at radius 2 is 2.35 bits per heavy atom. The lowest BCUT2D eigenvalue weighted by atomic mass is 10.2. The maximum atomic E-state index is 10.8. The molecule has 0 bridgehead atoms. The lowest BCUT2D eigenvalue weighted by Gasteiger charge is -2.03. The van der Waals surface area contributed by atoms with E-state index in [0.717, 1.165) is 0 Å². The molecule has 2 aromatic rings. The van der Waals surface area contributed by atoms with Gasteiger partial charge >= 0.3 is 5.97 Å². The van der Waals surface area contributed by atoms with Crippen LogP contribution in [0, 0.1) is 6.92 Å². The van der Waals surface area contributed by atoms with Crippen LogP contribution in [0.15, 0.2) is 28.8 Å². The molecule has 1 aromatic heterocycles. The third-order valence-corrected chi connectivity index (χ3v) is 2.13. The highest BCUT2D eigenvalue weighted by atomic mass is 16.5. The van der Waals surface area contributed by atoms with Crippen LogP contribution in [0.25, 0.3) is 0 Å². The molecule has 6 heteroatoms. The van der Waals surface area contributed by atoms with Crippen molar-refractivity contribution in [2.45, 2.75) is 13.5 Å². The molecule has 1 aromatic carbocycles. The maximum Gasteiger partial charge on any atom is 0.335 e. The van der Waals surface area contributed by atoms with E-state index in [-0.39, 0.29) is 5.56 Å². The molecule has 0 unspecified atom stereocenters. The molecule has 0 aliphatic carbocycles. The Balaban J connectivity index is 2.04. The van der Waals surface area contributed by atoms with E-state index in [1.807, 2.05) is 0 Å². The summed E-state index contributed by atoms with van der Waals surface area (Å²) in [5, 5.41) is 15.6. The summed E-state index contributed by atoms with van der Waals surface area (Å²) in [5.41, 5.74) is 0.937. The van der Waals surface area contributed by atoms with Gasteiger partial charge in [0, 0.05) is 12.6 Å². The van der Waals surface area contributed by atoms with Gasteiger partial charge in [0.1, 0.15) is 0 Å². The minimum atomic E-state index is -0.955. The number of benzene rings is 1. The maximum absolute atomic E-state index is 10.8. The molecule has 17 heavy (non-hydrogen) atoms. The van der Waals surface area contributed by atoms with Crippen LogP contribution in [-0.4, -0.2) is 21.2 Å². The van der Waals surface area contributed by atoms with Crippen LogP contribution < -0.4 is 5.32 Å². The first-order chi connectivity index (χ1) is 8.15. The molecule has 88 valence electrons. The third kappa shape index (κ3) is 2.81. The van der Waals surface area contributed by atoms with Gasteiger partial charge in [-0.2, -0.15) is 4.98 Å². The van der Waals surface area contributed by atoms with Crippen LogP contribution >= 0.6 is 0 Å². The standard InChI is InChI=1S/C11H11N3O3/c1-7-13-10(14-17-7)6-12-9-4-2-3-8(5-9)11(15)16/h2-5,12H,6H2,1H3,(H,15,16). The highest BCUT2D eigenvalue weighted by Crippen LogP contribution is 2.11. The van der Waals surface area contributed by atoms with Crippen molar-refractivity contribution in [3.05, 3.63) is 41.5 Å². The number of carboxylic acids is 1. The largest absolute Gasteiger partial charge is 0.478 e. The highest BCUT2D eigenvalue weighted by Gasteiger charge is 2.04. The lowest BCUT2D eigenvalue weighted by Crippen LogP contribution is -2.03. The summed E-state index contributed by atoms with van der Waals surface area (Å²) in [6.07, 6.45) is 0. The van der Waals surface area contributed by atoms with E-state index in [2.05, 4.69) is 15.5 Å². The van der Waals surface area contributed by atoms with Crippen molar-refractivity contribution in [1.29, 1.82) is 0 Å². The fraction of sp³-hybridized carbons (Fsp3) is 0.182. The monoisotopic (exact) mass is 233 g/mol. The molecule has 0 aliphatic rings. The van der Waals surface area contributed by atoms with Crippen LogP contribution in [-0.2, 0) is 6.54 Å². The van der Waals surface area contributed by atoms with Crippen molar-refractivity contribution in [2.75, 3.05) is 5.32 Å². The van der Waals surface area contributed by atoms with Gasteiger partial charge in [0.25, 0.3) is 0 Å². The van der Waals surface area contributed by atoms with Crippen LogP contribution in [0.4, 0.5) is 5.69 Å². The second kappa shape index (κ2) is 4.65. The summed E-state index contributed by atoms with van der Waals surface area (Å²) in [6.45, 7) is 2.10. The van der Waals surface area contributed by atoms with Crippen LogP contribution in [0.1, 0.15) is 22.1 Å². The second-order valence-corrected chi connectivity index (χ2v) is 3.47. The van der Waals surface area contributed by atoms with Gasteiger partial charge in [-0.05, 0) is 18.2 Å². The number of nitrogens with zero attached hydrogens (tertiary/aromatic N) is 2. The van der Waals surface area contributed by atoms with E-state index in [1.165, 1.54) is 6.07 Å². The predicted molar refractivity (Wildman–Crippen MR) is 59.8 cm³/mol. The molecule has 2 N–H and O–H groups in total. The van der Waals surface area contributed by atoms with Crippen LogP contribution in [0.2, 0.25) is 0 Å². The number of carboxylic acid groups (broad SMARTS) is 1. The van der Waals surface area contributed by atoms with Crippen molar-refractivity contribution < 1.29 is 14.4 Å². The van der Waals surface area contributed by atoms with E-state index in [4.69, 9.17) is 9.63 Å². The molecule has 0 radical (unpaired) electrons. The molecule has 1 heterocycles. The molecule has 0 amide bonds. The number of hydrogen-bond acceptors (Lipinski definition) is 5. The Hall–Kier alpha value is -2.37. The van der Waals surface area contributed by atoms with Crippen molar-refractivity contribution in [1.82, 2.24) is 10.1 Å². The molecule has 0 saturated heterocycles. The van der Waals surface area contributed by atoms with Gasteiger partial charge in [-0.3, -0.25) is 0 Å². The number of hydrogen-bond donors (Lipinski definition) is 2. The molecule has 6 nitrogen and oxygen atoms in total. The smallest absolute Gasteiger partial charge is 0.335 e. The van der Waals surface area contributed by atoms with Crippen molar-refractivity contribution in [3.63, 3.8) is 0 Å². The normalized spacial score (nSPS) is 10.2. The number of aryl methyl sites for hydroxylation is 1. The van der Waals surface area contributed by atoms with Crippen molar-refractivity contribution >= 4 is 11.7 Å². The Labute approximate surface area is 97.3 Å². The Kier molecular flexibility index (Phi) is 3.04. The summed E-state index contributed by atoms with van der Waals surface area (Å²) in [5.74, 6) is 0.0772. The van der Waals surface area contributed by atoms with Gasteiger partial charge in [-0.1, -0.05) is 11.2 Å². The van der Waals surface area contributed by atoms with Gasteiger partial charge in [0.15, 0.2) is 5.82 Å². The van der Waals surface area contributed by atoms with Gasteiger partial charge in [0.05, 0.1) is 12.1 Å². The zero-order valence-corrected chi connectivity index (χ0v) is 9.17. The Bertz CT molecular complexity index is 536. The molecular weight excluding hydrogens is 222 g/mol. The third-order valence-electron chi connectivity index (χ3n) is 2.13. The number of anilines is 1. The van der Waals surface area contributed by atoms with Crippen LogP contribution in [0.5, 0.6) is 0 Å². The van der Waals surface area contributed by atoms with Crippen molar-refractivity contribution in [3.8, 4) is 0 Å². The Morgan fingerprint density at radius 1 is 1.53 bits per heavy atom. The minimum Gasteiger partial charge on any atom is -0.478 e. The SMILES string of the molecule is Cc1nc(CNc2cccc(C(=O)O)c2)no1. The molecule has 0 saturated carbocycles. The van der Waals surface area contributed by atoms with E-state index >= 15 is 0 Å². The number of carbonyl (C=O) groups is 1. The van der Waals surface area contributed by atoms with Gasteiger partial charge in [-0.15, -0.1) is 0 Å². The average Bonchev–Trinajstić information content (AvgIpc) is 2.73. The number of nitrogens with one attached hydrogen (secondary N) is 1. The highest BCUT2D eigenvalue weighted by molar-refractivity contribution is 5.88. The molecule has 0 atom stereocenters.